The SMILES string of the molecule is Nc1cc(N2CC3CCCC3C2)ccc1[N+](=O)[O-]. The zero-order valence-corrected chi connectivity index (χ0v) is 10.2. The molecule has 2 unspecified atom stereocenters. The Morgan fingerprint density at radius 2 is 1.94 bits per heavy atom. The van der Waals surface area contributed by atoms with Crippen LogP contribution in [0.2, 0.25) is 0 Å². The molecule has 5 heteroatoms. The van der Waals surface area contributed by atoms with Gasteiger partial charge in [-0.2, -0.15) is 0 Å². The highest BCUT2D eigenvalue weighted by atomic mass is 16.6. The minimum absolute atomic E-state index is 0.00172. The number of hydrogen-bond donors (Lipinski definition) is 1. The van der Waals surface area contributed by atoms with Crippen LogP contribution in [-0.2, 0) is 0 Å². The third-order valence-electron chi connectivity index (χ3n) is 4.30. The molecule has 0 radical (unpaired) electrons. The maximum Gasteiger partial charge on any atom is 0.292 e. The summed E-state index contributed by atoms with van der Waals surface area (Å²) >= 11 is 0. The van der Waals surface area contributed by atoms with Crippen molar-refractivity contribution in [1.29, 1.82) is 0 Å². The van der Waals surface area contributed by atoms with E-state index in [1.54, 1.807) is 6.07 Å². The highest BCUT2D eigenvalue weighted by molar-refractivity contribution is 5.67. The molecule has 2 aliphatic rings. The molecule has 0 amide bonds. The molecule has 2 atom stereocenters. The second-order valence-electron chi connectivity index (χ2n) is 5.36. The summed E-state index contributed by atoms with van der Waals surface area (Å²) in [6, 6.07) is 5.06. The maximum absolute atomic E-state index is 10.7. The van der Waals surface area contributed by atoms with Crippen molar-refractivity contribution in [3.8, 4) is 0 Å². The molecule has 0 aromatic heterocycles. The van der Waals surface area contributed by atoms with Crippen LogP contribution in [0.25, 0.3) is 0 Å². The van der Waals surface area contributed by atoms with E-state index in [1.807, 2.05) is 6.07 Å². The van der Waals surface area contributed by atoms with Crippen LogP contribution < -0.4 is 10.6 Å². The van der Waals surface area contributed by atoms with Crippen molar-refractivity contribution >= 4 is 17.1 Å². The lowest BCUT2D eigenvalue weighted by Crippen LogP contribution is -2.20. The lowest BCUT2D eigenvalue weighted by Gasteiger charge is -2.19. The van der Waals surface area contributed by atoms with Crippen LogP contribution >= 0.6 is 0 Å². The first-order chi connectivity index (χ1) is 8.65. The molecule has 1 heterocycles. The minimum atomic E-state index is -0.433. The molecule has 96 valence electrons. The first-order valence-electron chi connectivity index (χ1n) is 6.44. The number of fused-ring (bicyclic) bond motifs is 1. The third kappa shape index (κ3) is 1.79. The topological polar surface area (TPSA) is 72.4 Å². The van der Waals surface area contributed by atoms with Gasteiger partial charge in [0.05, 0.1) is 4.92 Å². The minimum Gasteiger partial charge on any atom is -0.393 e. The first-order valence-corrected chi connectivity index (χ1v) is 6.44. The molecule has 0 spiro atoms. The van der Waals surface area contributed by atoms with E-state index in [2.05, 4.69) is 4.90 Å². The summed E-state index contributed by atoms with van der Waals surface area (Å²) < 4.78 is 0. The van der Waals surface area contributed by atoms with Gasteiger partial charge in [-0.05, 0) is 36.8 Å². The zero-order valence-electron chi connectivity index (χ0n) is 10.2. The van der Waals surface area contributed by atoms with Crippen LogP contribution in [-0.4, -0.2) is 18.0 Å². The highest BCUT2D eigenvalue weighted by Crippen LogP contribution is 2.40. The van der Waals surface area contributed by atoms with Crippen LogP contribution in [0.4, 0.5) is 17.1 Å². The molecule has 1 aliphatic carbocycles. The Hall–Kier alpha value is -1.78. The molecule has 1 saturated carbocycles. The van der Waals surface area contributed by atoms with Gasteiger partial charge >= 0.3 is 0 Å². The number of nitrogens with zero attached hydrogens (tertiary/aromatic N) is 2. The second-order valence-corrected chi connectivity index (χ2v) is 5.36. The molecule has 1 aliphatic heterocycles. The van der Waals surface area contributed by atoms with E-state index in [0.717, 1.165) is 30.6 Å². The Balaban J connectivity index is 1.81. The van der Waals surface area contributed by atoms with Gasteiger partial charge in [-0.15, -0.1) is 0 Å². The van der Waals surface area contributed by atoms with Crippen LogP contribution in [0, 0.1) is 22.0 Å². The number of nitro benzene ring substituents is 1. The predicted octanol–water partition coefficient (Wildman–Crippen LogP) is 2.41. The van der Waals surface area contributed by atoms with E-state index in [0.29, 0.717) is 0 Å². The fourth-order valence-corrected chi connectivity index (χ4v) is 3.35. The van der Waals surface area contributed by atoms with Gasteiger partial charge in [0.15, 0.2) is 0 Å². The van der Waals surface area contributed by atoms with E-state index in [1.165, 1.54) is 25.3 Å². The monoisotopic (exact) mass is 247 g/mol. The molecule has 5 nitrogen and oxygen atoms in total. The summed E-state index contributed by atoms with van der Waals surface area (Å²) in [7, 11) is 0. The fourth-order valence-electron chi connectivity index (χ4n) is 3.35. The van der Waals surface area contributed by atoms with Gasteiger partial charge < -0.3 is 10.6 Å². The van der Waals surface area contributed by atoms with Gasteiger partial charge in [0.25, 0.3) is 5.69 Å². The zero-order chi connectivity index (χ0) is 12.7. The standard InChI is InChI=1S/C13H17N3O2/c14-12-6-11(4-5-13(12)16(17)18)15-7-9-2-1-3-10(9)8-15/h4-6,9-10H,1-3,7-8,14H2. The van der Waals surface area contributed by atoms with Gasteiger partial charge in [0.1, 0.15) is 5.69 Å². The summed E-state index contributed by atoms with van der Waals surface area (Å²) in [5.74, 6) is 1.61. The highest BCUT2D eigenvalue weighted by Gasteiger charge is 2.36. The number of nitro groups is 1. The maximum atomic E-state index is 10.7. The van der Waals surface area contributed by atoms with Crippen molar-refractivity contribution in [3.63, 3.8) is 0 Å². The molecular formula is C13H17N3O2. The van der Waals surface area contributed by atoms with E-state index in [4.69, 9.17) is 5.73 Å². The summed E-state index contributed by atoms with van der Waals surface area (Å²) in [5.41, 5.74) is 7.02. The molecule has 3 rings (SSSR count). The number of rotatable bonds is 2. The van der Waals surface area contributed by atoms with E-state index in [-0.39, 0.29) is 11.4 Å². The number of nitrogen functional groups attached to an aromatic ring is 1. The van der Waals surface area contributed by atoms with Crippen LogP contribution in [0.5, 0.6) is 0 Å². The molecular weight excluding hydrogens is 230 g/mol. The van der Waals surface area contributed by atoms with E-state index in [9.17, 15) is 10.1 Å². The molecule has 1 aromatic rings. The summed E-state index contributed by atoms with van der Waals surface area (Å²) in [6.45, 7) is 2.14. The Bertz CT molecular complexity index is 477. The van der Waals surface area contributed by atoms with Crippen LogP contribution in [0.15, 0.2) is 18.2 Å². The Kier molecular flexibility index (Phi) is 2.61. The third-order valence-corrected chi connectivity index (χ3v) is 4.30. The molecule has 2 N–H and O–H groups in total. The normalized spacial score (nSPS) is 26.3. The Morgan fingerprint density at radius 1 is 1.28 bits per heavy atom. The van der Waals surface area contributed by atoms with Gasteiger partial charge in [-0.3, -0.25) is 10.1 Å². The molecule has 1 aromatic carbocycles. The predicted molar refractivity (Wildman–Crippen MR) is 70.6 cm³/mol. The number of anilines is 2. The van der Waals surface area contributed by atoms with E-state index >= 15 is 0 Å². The van der Waals surface area contributed by atoms with Crippen LogP contribution in [0.1, 0.15) is 19.3 Å². The van der Waals surface area contributed by atoms with Crippen molar-refractivity contribution in [2.45, 2.75) is 19.3 Å². The van der Waals surface area contributed by atoms with Gasteiger partial charge in [-0.25, -0.2) is 0 Å². The number of nitrogens with two attached hydrogens (primary N) is 1. The quantitative estimate of drug-likeness (QED) is 0.495. The lowest BCUT2D eigenvalue weighted by molar-refractivity contribution is -0.383. The van der Waals surface area contributed by atoms with Crippen molar-refractivity contribution in [1.82, 2.24) is 0 Å². The van der Waals surface area contributed by atoms with Gasteiger partial charge in [0.2, 0.25) is 0 Å². The molecule has 1 saturated heterocycles. The van der Waals surface area contributed by atoms with Crippen molar-refractivity contribution in [2.75, 3.05) is 23.7 Å². The van der Waals surface area contributed by atoms with Gasteiger partial charge in [0, 0.05) is 24.8 Å². The van der Waals surface area contributed by atoms with E-state index < -0.39 is 4.92 Å². The second kappa shape index (κ2) is 4.15. The lowest BCUT2D eigenvalue weighted by atomic mass is 10.0. The number of benzene rings is 1. The average Bonchev–Trinajstić information content (AvgIpc) is 2.87. The van der Waals surface area contributed by atoms with Crippen molar-refractivity contribution in [3.05, 3.63) is 28.3 Å². The summed E-state index contributed by atoms with van der Waals surface area (Å²) in [6.07, 6.45) is 4.00. The Labute approximate surface area is 106 Å². The number of hydrogen-bond acceptors (Lipinski definition) is 4. The van der Waals surface area contributed by atoms with Crippen molar-refractivity contribution < 1.29 is 4.92 Å². The molecule has 2 fully saturated rings. The Morgan fingerprint density at radius 3 is 2.50 bits per heavy atom. The van der Waals surface area contributed by atoms with Crippen molar-refractivity contribution in [2.24, 2.45) is 11.8 Å². The average molecular weight is 247 g/mol. The molecule has 0 bridgehead atoms. The summed E-state index contributed by atoms with van der Waals surface area (Å²) in [4.78, 5) is 12.6. The molecule has 18 heavy (non-hydrogen) atoms. The summed E-state index contributed by atoms with van der Waals surface area (Å²) in [5, 5.41) is 10.7. The van der Waals surface area contributed by atoms with Gasteiger partial charge in [-0.1, -0.05) is 6.42 Å². The largest absolute Gasteiger partial charge is 0.393 e. The fraction of sp³-hybridized carbons (Fsp3) is 0.538. The smallest absolute Gasteiger partial charge is 0.292 e. The first kappa shape index (κ1) is 11.3. The van der Waals surface area contributed by atoms with Crippen LogP contribution in [0.3, 0.4) is 0 Å².